The van der Waals surface area contributed by atoms with Crippen LogP contribution in [0.2, 0.25) is 0 Å². The Morgan fingerprint density at radius 3 is 2.82 bits per heavy atom. The summed E-state index contributed by atoms with van der Waals surface area (Å²) in [7, 11) is 0. The number of pyridine rings is 1. The fraction of sp³-hybridized carbons (Fsp3) is 0.308. The SMILES string of the molecule is CCCCc1ccc2c(c1)c(=NO)ccn2O. The van der Waals surface area contributed by atoms with Gasteiger partial charge in [0.15, 0.2) is 0 Å². The van der Waals surface area contributed by atoms with Crippen molar-refractivity contribution in [3.8, 4) is 0 Å². The van der Waals surface area contributed by atoms with Crippen molar-refractivity contribution in [1.82, 2.24) is 4.73 Å². The Labute approximate surface area is 99.4 Å². The molecule has 0 fully saturated rings. The van der Waals surface area contributed by atoms with Crippen LogP contribution in [-0.2, 0) is 6.42 Å². The lowest BCUT2D eigenvalue weighted by Crippen LogP contribution is -2.08. The number of hydrogen-bond donors (Lipinski definition) is 2. The maximum absolute atomic E-state index is 9.65. The molecule has 0 aliphatic carbocycles. The smallest absolute Gasteiger partial charge is 0.113 e. The highest BCUT2D eigenvalue weighted by atomic mass is 16.5. The van der Waals surface area contributed by atoms with E-state index in [4.69, 9.17) is 5.21 Å². The minimum Gasteiger partial charge on any atom is -0.428 e. The standard InChI is InChI=1S/C13H16N2O2/c1-2-3-4-10-5-6-13-11(9-10)12(14-16)7-8-15(13)17/h5-9,16-17H,2-4H2,1H3. The molecule has 0 saturated heterocycles. The number of hydrogen-bond acceptors (Lipinski definition) is 3. The molecule has 17 heavy (non-hydrogen) atoms. The summed E-state index contributed by atoms with van der Waals surface area (Å²) < 4.78 is 1.04. The van der Waals surface area contributed by atoms with Gasteiger partial charge in [0.1, 0.15) is 5.36 Å². The van der Waals surface area contributed by atoms with Crippen molar-refractivity contribution in [3.63, 3.8) is 0 Å². The number of nitrogens with zero attached hydrogens (tertiary/aromatic N) is 2. The molecule has 0 bridgehead atoms. The van der Waals surface area contributed by atoms with Crippen LogP contribution in [0.25, 0.3) is 10.9 Å². The fourth-order valence-electron chi connectivity index (χ4n) is 1.92. The fourth-order valence-corrected chi connectivity index (χ4v) is 1.92. The van der Waals surface area contributed by atoms with E-state index in [1.807, 2.05) is 18.2 Å². The summed E-state index contributed by atoms with van der Waals surface area (Å²) in [6.45, 7) is 2.15. The first-order chi connectivity index (χ1) is 8.26. The summed E-state index contributed by atoms with van der Waals surface area (Å²) in [6, 6.07) is 7.37. The van der Waals surface area contributed by atoms with Gasteiger partial charge in [-0.1, -0.05) is 24.6 Å². The number of aryl methyl sites for hydroxylation is 1. The zero-order valence-corrected chi connectivity index (χ0v) is 9.80. The van der Waals surface area contributed by atoms with E-state index in [0.29, 0.717) is 10.9 Å². The van der Waals surface area contributed by atoms with E-state index in [-0.39, 0.29) is 0 Å². The van der Waals surface area contributed by atoms with E-state index < -0.39 is 0 Å². The minimum absolute atomic E-state index is 0.476. The van der Waals surface area contributed by atoms with Crippen LogP contribution in [0.3, 0.4) is 0 Å². The van der Waals surface area contributed by atoms with Crippen LogP contribution in [-0.4, -0.2) is 15.1 Å². The highest BCUT2D eigenvalue weighted by molar-refractivity contribution is 5.79. The highest BCUT2D eigenvalue weighted by Gasteiger charge is 2.02. The molecule has 0 spiro atoms. The van der Waals surface area contributed by atoms with Gasteiger partial charge in [-0.3, -0.25) is 0 Å². The Kier molecular flexibility index (Phi) is 3.32. The second-order valence-electron chi connectivity index (χ2n) is 4.10. The molecule has 0 amide bonds. The van der Waals surface area contributed by atoms with Gasteiger partial charge < -0.3 is 10.4 Å². The maximum Gasteiger partial charge on any atom is 0.113 e. The molecular weight excluding hydrogens is 216 g/mol. The quantitative estimate of drug-likeness (QED) is 0.485. The molecule has 1 aromatic heterocycles. The molecule has 0 aliphatic rings. The predicted octanol–water partition coefficient (Wildman–Crippen LogP) is 2.51. The zero-order valence-electron chi connectivity index (χ0n) is 9.80. The van der Waals surface area contributed by atoms with E-state index in [0.717, 1.165) is 29.4 Å². The summed E-state index contributed by atoms with van der Waals surface area (Å²) in [6.07, 6.45) is 4.73. The van der Waals surface area contributed by atoms with Gasteiger partial charge in [-0.15, -0.1) is 0 Å². The van der Waals surface area contributed by atoms with Crippen LogP contribution in [0.4, 0.5) is 0 Å². The molecule has 90 valence electrons. The lowest BCUT2D eigenvalue weighted by Gasteiger charge is -2.06. The molecule has 2 N–H and O–H groups in total. The first kappa shape index (κ1) is 11.5. The minimum atomic E-state index is 0.476. The lowest BCUT2D eigenvalue weighted by atomic mass is 10.1. The summed E-state index contributed by atoms with van der Waals surface area (Å²) in [5, 5.41) is 23.0. The molecule has 0 aliphatic heterocycles. The van der Waals surface area contributed by atoms with E-state index in [1.54, 1.807) is 6.07 Å². The first-order valence-corrected chi connectivity index (χ1v) is 5.78. The van der Waals surface area contributed by atoms with Gasteiger partial charge in [0.25, 0.3) is 0 Å². The third-order valence-corrected chi connectivity index (χ3v) is 2.88. The third kappa shape index (κ3) is 2.25. The Balaban J connectivity index is 2.59. The normalized spacial score (nSPS) is 12.2. The first-order valence-electron chi connectivity index (χ1n) is 5.78. The molecular formula is C13H16N2O2. The van der Waals surface area contributed by atoms with Crippen LogP contribution in [0.1, 0.15) is 25.3 Å². The molecule has 0 radical (unpaired) electrons. The number of rotatable bonds is 3. The van der Waals surface area contributed by atoms with E-state index >= 15 is 0 Å². The Bertz CT molecular complexity index is 587. The Hall–Kier alpha value is -1.97. The molecule has 0 atom stereocenters. The molecule has 1 heterocycles. The van der Waals surface area contributed by atoms with Crippen molar-refractivity contribution < 1.29 is 10.4 Å². The predicted molar refractivity (Wildman–Crippen MR) is 65.1 cm³/mol. The Morgan fingerprint density at radius 2 is 2.12 bits per heavy atom. The van der Waals surface area contributed by atoms with Gasteiger partial charge in [-0.05, 0) is 36.6 Å². The molecule has 2 rings (SSSR count). The largest absolute Gasteiger partial charge is 0.428 e. The molecule has 4 nitrogen and oxygen atoms in total. The van der Waals surface area contributed by atoms with Gasteiger partial charge in [-0.2, -0.15) is 4.73 Å². The number of unbranched alkanes of at least 4 members (excludes halogenated alkanes) is 1. The lowest BCUT2D eigenvalue weighted by molar-refractivity contribution is 0.197. The summed E-state index contributed by atoms with van der Waals surface area (Å²) in [4.78, 5) is 0. The number of benzene rings is 1. The van der Waals surface area contributed by atoms with Gasteiger partial charge in [0.05, 0.1) is 5.52 Å². The van der Waals surface area contributed by atoms with E-state index in [2.05, 4.69) is 12.1 Å². The van der Waals surface area contributed by atoms with Gasteiger partial charge in [-0.25, -0.2) is 0 Å². The second-order valence-corrected chi connectivity index (χ2v) is 4.10. The molecule has 4 heteroatoms. The van der Waals surface area contributed by atoms with E-state index in [9.17, 15) is 5.21 Å². The average Bonchev–Trinajstić information content (AvgIpc) is 2.37. The van der Waals surface area contributed by atoms with Crippen molar-refractivity contribution >= 4 is 10.9 Å². The maximum atomic E-state index is 9.65. The molecule has 0 unspecified atom stereocenters. The van der Waals surface area contributed by atoms with Crippen molar-refractivity contribution in [1.29, 1.82) is 0 Å². The van der Waals surface area contributed by atoms with Crippen molar-refractivity contribution in [2.45, 2.75) is 26.2 Å². The van der Waals surface area contributed by atoms with Crippen LogP contribution in [0.5, 0.6) is 0 Å². The molecule has 2 aromatic rings. The zero-order chi connectivity index (χ0) is 12.3. The average molecular weight is 232 g/mol. The summed E-state index contributed by atoms with van der Waals surface area (Å²) >= 11 is 0. The third-order valence-electron chi connectivity index (χ3n) is 2.88. The molecule has 1 aromatic carbocycles. The van der Waals surface area contributed by atoms with Gasteiger partial charge >= 0.3 is 0 Å². The second kappa shape index (κ2) is 4.91. The van der Waals surface area contributed by atoms with Crippen molar-refractivity contribution in [3.05, 3.63) is 41.4 Å². The van der Waals surface area contributed by atoms with Gasteiger partial charge in [0.2, 0.25) is 0 Å². The van der Waals surface area contributed by atoms with Gasteiger partial charge in [0, 0.05) is 11.6 Å². The topological polar surface area (TPSA) is 57.8 Å². The van der Waals surface area contributed by atoms with Crippen molar-refractivity contribution in [2.75, 3.05) is 0 Å². The number of aromatic nitrogens is 1. The monoisotopic (exact) mass is 232 g/mol. The summed E-state index contributed by atoms with van der Waals surface area (Å²) in [5.74, 6) is 0. The molecule has 0 saturated carbocycles. The van der Waals surface area contributed by atoms with Crippen LogP contribution in [0, 0.1) is 0 Å². The Morgan fingerprint density at radius 1 is 1.29 bits per heavy atom. The van der Waals surface area contributed by atoms with Crippen molar-refractivity contribution in [2.24, 2.45) is 5.16 Å². The van der Waals surface area contributed by atoms with E-state index in [1.165, 1.54) is 11.8 Å². The summed E-state index contributed by atoms with van der Waals surface area (Å²) in [5.41, 5.74) is 1.83. The van der Waals surface area contributed by atoms with Crippen LogP contribution in [0.15, 0.2) is 35.6 Å². The highest BCUT2D eigenvalue weighted by Crippen LogP contribution is 2.13. The van der Waals surface area contributed by atoms with Crippen LogP contribution < -0.4 is 5.36 Å². The number of fused-ring (bicyclic) bond motifs is 1. The van der Waals surface area contributed by atoms with Crippen LogP contribution >= 0.6 is 0 Å².